The molecule has 258 valence electrons. The molecule has 14 nitrogen and oxygen atoms in total. The number of piperazine rings is 1. The van der Waals surface area contributed by atoms with Gasteiger partial charge in [-0.15, -0.1) is 0 Å². The average molecular weight is 677 g/mol. The van der Waals surface area contributed by atoms with Crippen LogP contribution in [-0.2, 0) is 11.3 Å². The zero-order chi connectivity index (χ0) is 34.9. The SMILES string of the molecule is Cc1cc2[nH]ncc2c(-n2c(C)nc3c(N4CCN(C(=O)OCc5ccccc5)[C@@H](CC#N)C4)nc(OC[C@@H]4CCCN4C)nc3c2=O)c1C. The summed E-state index contributed by atoms with van der Waals surface area (Å²) in [5.41, 5.74) is 4.40. The molecular weight excluding hydrogens is 636 g/mol. The van der Waals surface area contributed by atoms with Crippen LogP contribution in [0.5, 0.6) is 6.01 Å². The highest BCUT2D eigenvalue weighted by Crippen LogP contribution is 2.31. The summed E-state index contributed by atoms with van der Waals surface area (Å²) in [5.74, 6) is 0.883. The second kappa shape index (κ2) is 13.8. The average Bonchev–Trinajstić information content (AvgIpc) is 3.76. The molecule has 2 atom stereocenters. The Morgan fingerprint density at radius 2 is 1.88 bits per heavy atom. The maximum atomic E-state index is 14.6. The fourth-order valence-electron chi connectivity index (χ4n) is 7.02. The van der Waals surface area contributed by atoms with Gasteiger partial charge < -0.3 is 24.2 Å². The van der Waals surface area contributed by atoms with Crippen LogP contribution in [0.2, 0.25) is 0 Å². The van der Waals surface area contributed by atoms with Crippen LogP contribution in [0.1, 0.15) is 41.8 Å². The lowest BCUT2D eigenvalue weighted by Gasteiger charge is -2.40. The normalized spacial score (nSPS) is 18.1. The Kier molecular flexibility index (Phi) is 9.07. The van der Waals surface area contributed by atoms with Crippen LogP contribution >= 0.6 is 0 Å². The smallest absolute Gasteiger partial charge is 0.410 e. The number of nitrogens with one attached hydrogen (secondary N) is 1. The molecular formula is C36H40N10O4. The number of likely N-dealkylation sites (tertiary alicyclic amines) is 1. The molecule has 0 radical (unpaired) electrons. The fourth-order valence-corrected chi connectivity index (χ4v) is 7.02. The van der Waals surface area contributed by atoms with Gasteiger partial charge in [-0.1, -0.05) is 30.3 Å². The minimum absolute atomic E-state index is 0.0815. The number of carbonyl (C=O) groups is 1. The number of H-pyrrole nitrogens is 1. The van der Waals surface area contributed by atoms with E-state index in [0.717, 1.165) is 47.0 Å². The molecule has 0 unspecified atom stereocenters. The summed E-state index contributed by atoms with van der Waals surface area (Å²) in [5, 5.41) is 17.8. The minimum atomic E-state index is -0.484. The number of aromatic nitrogens is 6. The maximum Gasteiger partial charge on any atom is 0.410 e. The molecule has 2 fully saturated rings. The molecule has 0 spiro atoms. The number of anilines is 1. The van der Waals surface area contributed by atoms with Crippen molar-refractivity contribution in [1.29, 1.82) is 5.26 Å². The zero-order valence-electron chi connectivity index (χ0n) is 28.7. The summed E-state index contributed by atoms with van der Waals surface area (Å²) in [6, 6.07) is 13.5. The van der Waals surface area contributed by atoms with Gasteiger partial charge in [-0.2, -0.15) is 20.3 Å². The summed E-state index contributed by atoms with van der Waals surface area (Å²) < 4.78 is 13.5. The summed E-state index contributed by atoms with van der Waals surface area (Å²) in [4.78, 5) is 48.1. The second-order valence-corrected chi connectivity index (χ2v) is 13.1. The van der Waals surface area contributed by atoms with Crippen LogP contribution in [0.15, 0.2) is 47.4 Å². The number of hydrogen-bond acceptors (Lipinski definition) is 11. The number of hydrogen-bond donors (Lipinski definition) is 1. The summed E-state index contributed by atoms with van der Waals surface area (Å²) >= 11 is 0. The number of amides is 1. The van der Waals surface area contributed by atoms with Crippen molar-refractivity contribution in [3.63, 3.8) is 0 Å². The second-order valence-electron chi connectivity index (χ2n) is 13.1. The molecule has 7 rings (SSSR count). The van der Waals surface area contributed by atoms with E-state index < -0.39 is 12.1 Å². The third-order valence-electron chi connectivity index (χ3n) is 9.93. The highest BCUT2D eigenvalue weighted by molar-refractivity contribution is 5.91. The first-order valence-electron chi connectivity index (χ1n) is 16.9. The van der Waals surface area contributed by atoms with E-state index in [1.807, 2.05) is 55.1 Å². The number of likely N-dealkylation sites (N-methyl/N-ethyl adjacent to an activating group) is 1. The molecule has 1 amide bonds. The van der Waals surface area contributed by atoms with Crippen molar-refractivity contribution in [3.8, 4) is 17.8 Å². The Morgan fingerprint density at radius 3 is 2.64 bits per heavy atom. The van der Waals surface area contributed by atoms with Crippen LogP contribution in [0.25, 0.3) is 27.6 Å². The highest BCUT2D eigenvalue weighted by Gasteiger charge is 2.34. The lowest BCUT2D eigenvalue weighted by atomic mass is 10.0. The lowest BCUT2D eigenvalue weighted by Crippen LogP contribution is -2.55. The first-order valence-corrected chi connectivity index (χ1v) is 16.9. The fraction of sp³-hybridized carbons (Fsp3) is 0.417. The largest absolute Gasteiger partial charge is 0.462 e. The van der Waals surface area contributed by atoms with E-state index in [1.54, 1.807) is 22.6 Å². The predicted octanol–water partition coefficient (Wildman–Crippen LogP) is 4.19. The third-order valence-corrected chi connectivity index (χ3v) is 9.93. The number of nitriles is 1. The van der Waals surface area contributed by atoms with Gasteiger partial charge in [0.1, 0.15) is 24.6 Å². The molecule has 2 saturated heterocycles. The van der Waals surface area contributed by atoms with E-state index in [-0.39, 0.29) is 49.2 Å². The van der Waals surface area contributed by atoms with Crippen molar-refractivity contribution < 1.29 is 14.3 Å². The molecule has 0 bridgehead atoms. The highest BCUT2D eigenvalue weighted by atomic mass is 16.6. The Labute approximate surface area is 289 Å². The number of fused-ring (bicyclic) bond motifs is 2. The van der Waals surface area contributed by atoms with E-state index in [0.29, 0.717) is 36.0 Å². The summed E-state index contributed by atoms with van der Waals surface area (Å²) in [6.07, 6.45) is 3.39. The molecule has 0 aliphatic carbocycles. The Hall–Kier alpha value is -5.55. The molecule has 2 aliphatic rings. The summed E-state index contributed by atoms with van der Waals surface area (Å²) in [6.45, 7) is 8.19. The molecule has 50 heavy (non-hydrogen) atoms. The number of rotatable bonds is 8. The van der Waals surface area contributed by atoms with E-state index in [2.05, 4.69) is 33.2 Å². The van der Waals surface area contributed by atoms with Gasteiger partial charge in [0, 0.05) is 31.1 Å². The van der Waals surface area contributed by atoms with E-state index in [4.69, 9.17) is 19.4 Å². The number of aromatic amines is 1. The van der Waals surface area contributed by atoms with Gasteiger partial charge in [0.2, 0.25) is 0 Å². The number of nitrogens with zero attached hydrogens (tertiary/aromatic N) is 9. The first kappa shape index (κ1) is 33.0. The first-order chi connectivity index (χ1) is 24.2. The van der Waals surface area contributed by atoms with E-state index >= 15 is 0 Å². The van der Waals surface area contributed by atoms with Crippen molar-refractivity contribution in [2.75, 3.05) is 44.7 Å². The topological polar surface area (TPSA) is 158 Å². The molecule has 0 saturated carbocycles. The molecule has 5 aromatic rings. The Morgan fingerprint density at radius 1 is 1.06 bits per heavy atom. The van der Waals surface area contributed by atoms with Gasteiger partial charge in [0.05, 0.1) is 35.9 Å². The third kappa shape index (κ3) is 6.20. The number of aryl methyl sites for hydroxylation is 2. The van der Waals surface area contributed by atoms with Gasteiger partial charge >= 0.3 is 12.1 Å². The lowest BCUT2D eigenvalue weighted by molar-refractivity contribution is 0.0768. The predicted molar refractivity (Wildman–Crippen MR) is 188 cm³/mol. The van der Waals surface area contributed by atoms with Crippen molar-refractivity contribution >= 4 is 33.8 Å². The van der Waals surface area contributed by atoms with E-state index in [1.165, 1.54) is 0 Å². The molecule has 5 heterocycles. The van der Waals surface area contributed by atoms with Crippen molar-refractivity contribution in [2.24, 2.45) is 0 Å². The van der Waals surface area contributed by atoms with E-state index in [9.17, 15) is 14.9 Å². The summed E-state index contributed by atoms with van der Waals surface area (Å²) in [7, 11) is 2.07. The zero-order valence-corrected chi connectivity index (χ0v) is 28.7. The number of benzene rings is 2. The molecule has 3 aromatic heterocycles. The van der Waals surface area contributed by atoms with Gasteiger partial charge in [-0.3, -0.25) is 14.5 Å². The van der Waals surface area contributed by atoms with Gasteiger partial charge in [0.15, 0.2) is 11.3 Å². The van der Waals surface area contributed by atoms with Crippen LogP contribution < -0.4 is 15.2 Å². The molecule has 1 N–H and O–H groups in total. The monoisotopic (exact) mass is 676 g/mol. The number of carbonyl (C=O) groups excluding carboxylic acids is 1. The van der Waals surface area contributed by atoms with Crippen molar-refractivity contribution in [2.45, 2.75) is 58.7 Å². The van der Waals surface area contributed by atoms with Crippen LogP contribution in [0.3, 0.4) is 0 Å². The molecule has 14 heteroatoms. The van der Waals surface area contributed by atoms with Crippen molar-refractivity contribution in [3.05, 3.63) is 75.5 Å². The Balaban J connectivity index is 1.28. The van der Waals surface area contributed by atoms with Crippen LogP contribution in [-0.4, -0.2) is 97.5 Å². The van der Waals surface area contributed by atoms with Crippen LogP contribution in [0, 0.1) is 32.1 Å². The number of ether oxygens (including phenoxy) is 2. The Bertz CT molecular complexity index is 2160. The van der Waals surface area contributed by atoms with Gasteiger partial charge in [0.25, 0.3) is 5.56 Å². The standard InChI is InChI=1S/C36H40N10O4/c1-22-17-29-28(18-38-42-29)32(23(22)2)46-24(3)39-30-31(34(46)47)40-35(49-21-27-11-8-14-43(27)4)41-33(30)44-15-16-45(26(19-44)12-13-37)36(48)50-20-25-9-6-5-7-10-25/h5-7,9-10,17-18,26-27H,8,11-12,14-16,19-21H2,1-4H3,(H,38,42)/t26-,27-/m0/s1. The molecule has 2 aliphatic heterocycles. The minimum Gasteiger partial charge on any atom is -0.462 e. The van der Waals surface area contributed by atoms with Gasteiger partial charge in [-0.25, -0.2) is 9.78 Å². The quantitative estimate of drug-likeness (QED) is 0.251. The maximum absolute atomic E-state index is 14.6. The molecule has 2 aromatic carbocycles. The van der Waals surface area contributed by atoms with Crippen molar-refractivity contribution in [1.82, 2.24) is 39.5 Å². The van der Waals surface area contributed by atoms with Crippen LogP contribution in [0.4, 0.5) is 10.6 Å². The van der Waals surface area contributed by atoms with Gasteiger partial charge in [-0.05, 0) is 70.0 Å².